The Hall–Kier alpha value is -0.0900. The molecule has 1 saturated carbocycles. The Bertz CT molecular complexity index is 314. The van der Waals surface area contributed by atoms with E-state index in [4.69, 9.17) is 0 Å². The van der Waals surface area contributed by atoms with Gasteiger partial charge in [0.2, 0.25) is 0 Å². The molecule has 100 valence electrons. The van der Waals surface area contributed by atoms with Crippen LogP contribution in [0.15, 0.2) is 0 Å². The largest absolute Gasteiger partial charge is 0.317 e. The van der Waals surface area contributed by atoms with E-state index in [0.717, 1.165) is 32.4 Å². The van der Waals surface area contributed by atoms with Gasteiger partial charge in [-0.25, -0.2) is 8.42 Å². The molecule has 0 unspecified atom stereocenters. The van der Waals surface area contributed by atoms with Gasteiger partial charge >= 0.3 is 0 Å². The molecule has 2 fully saturated rings. The van der Waals surface area contributed by atoms with Crippen molar-refractivity contribution in [2.24, 2.45) is 5.92 Å². The summed E-state index contributed by atoms with van der Waals surface area (Å²) in [7, 11) is -2.82. The van der Waals surface area contributed by atoms with Gasteiger partial charge in [-0.1, -0.05) is 32.1 Å². The average Bonchev–Trinajstić information content (AvgIpc) is 2.39. The number of nitrogens with one attached hydrogen (secondary N) is 1. The molecule has 2 rings (SSSR count). The van der Waals surface area contributed by atoms with E-state index in [2.05, 4.69) is 5.32 Å². The molecule has 1 saturated heterocycles. The lowest BCUT2D eigenvalue weighted by Gasteiger charge is -2.25. The summed E-state index contributed by atoms with van der Waals surface area (Å²) in [6.07, 6.45) is 8.99. The Balaban J connectivity index is 1.79. The van der Waals surface area contributed by atoms with Gasteiger partial charge in [0.15, 0.2) is 9.84 Å². The van der Waals surface area contributed by atoms with Crippen molar-refractivity contribution in [2.75, 3.05) is 18.8 Å². The van der Waals surface area contributed by atoms with Crippen LogP contribution in [0.2, 0.25) is 0 Å². The van der Waals surface area contributed by atoms with Gasteiger partial charge in [-0.2, -0.15) is 0 Å². The Kier molecular flexibility index (Phi) is 4.86. The monoisotopic (exact) mass is 259 g/mol. The first kappa shape index (κ1) is 13.3. The van der Waals surface area contributed by atoms with Crippen LogP contribution in [0.5, 0.6) is 0 Å². The number of hydrogen-bond donors (Lipinski definition) is 1. The number of piperidine rings is 1. The maximum Gasteiger partial charge on any atom is 0.153 e. The van der Waals surface area contributed by atoms with E-state index in [1.54, 1.807) is 0 Å². The molecule has 0 aromatic heterocycles. The van der Waals surface area contributed by atoms with Crippen LogP contribution in [0.1, 0.15) is 51.4 Å². The summed E-state index contributed by atoms with van der Waals surface area (Å²) >= 11 is 0. The minimum Gasteiger partial charge on any atom is -0.317 e. The number of sulfone groups is 1. The second kappa shape index (κ2) is 6.19. The summed E-state index contributed by atoms with van der Waals surface area (Å²) in [6.45, 7) is 1.74. The lowest BCUT2D eigenvalue weighted by Crippen LogP contribution is -2.37. The first-order valence-electron chi connectivity index (χ1n) is 7.11. The molecule has 0 bridgehead atoms. The molecule has 1 aliphatic heterocycles. The van der Waals surface area contributed by atoms with Crippen molar-refractivity contribution in [3.63, 3.8) is 0 Å². The summed E-state index contributed by atoms with van der Waals surface area (Å²) in [5.74, 6) is 1.11. The van der Waals surface area contributed by atoms with Gasteiger partial charge in [-0.05, 0) is 38.3 Å². The molecule has 2 aliphatic rings. The van der Waals surface area contributed by atoms with Crippen LogP contribution in [0, 0.1) is 5.92 Å². The summed E-state index contributed by atoms with van der Waals surface area (Å²) in [5.41, 5.74) is 0. The molecule has 17 heavy (non-hydrogen) atoms. The van der Waals surface area contributed by atoms with Gasteiger partial charge in [0.05, 0.1) is 11.0 Å². The minimum atomic E-state index is -2.82. The molecule has 1 heterocycles. The first-order valence-corrected chi connectivity index (χ1v) is 8.82. The molecule has 0 aromatic carbocycles. The summed E-state index contributed by atoms with van der Waals surface area (Å²) in [5, 5.41) is 3.17. The zero-order valence-corrected chi connectivity index (χ0v) is 11.5. The topological polar surface area (TPSA) is 46.2 Å². The lowest BCUT2D eigenvalue weighted by atomic mass is 9.88. The summed E-state index contributed by atoms with van der Waals surface area (Å²) in [4.78, 5) is 0. The molecule has 0 spiro atoms. The molecule has 0 amide bonds. The highest BCUT2D eigenvalue weighted by molar-refractivity contribution is 7.92. The van der Waals surface area contributed by atoms with Gasteiger partial charge < -0.3 is 5.32 Å². The van der Waals surface area contributed by atoms with Crippen LogP contribution in [0.25, 0.3) is 0 Å². The van der Waals surface area contributed by atoms with E-state index in [0.29, 0.717) is 11.7 Å². The summed E-state index contributed by atoms with van der Waals surface area (Å²) in [6, 6.07) is 0. The molecular weight excluding hydrogens is 234 g/mol. The van der Waals surface area contributed by atoms with Crippen LogP contribution in [-0.2, 0) is 9.84 Å². The van der Waals surface area contributed by atoms with Crippen LogP contribution in [0.4, 0.5) is 0 Å². The highest BCUT2D eigenvalue weighted by atomic mass is 32.2. The third-order valence-electron chi connectivity index (χ3n) is 4.33. The van der Waals surface area contributed by atoms with Crippen LogP contribution >= 0.6 is 0 Å². The van der Waals surface area contributed by atoms with Crippen molar-refractivity contribution in [1.82, 2.24) is 5.32 Å². The molecule has 0 aromatic rings. The van der Waals surface area contributed by atoms with E-state index in [1.165, 1.54) is 32.1 Å². The van der Waals surface area contributed by atoms with E-state index in [1.807, 2.05) is 0 Å². The van der Waals surface area contributed by atoms with E-state index >= 15 is 0 Å². The molecule has 1 aliphatic carbocycles. The van der Waals surface area contributed by atoms with E-state index in [9.17, 15) is 8.42 Å². The van der Waals surface area contributed by atoms with Crippen molar-refractivity contribution in [3.8, 4) is 0 Å². The minimum absolute atomic E-state index is 0.0626. The second-order valence-corrected chi connectivity index (χ2v) is 8.01. The first-order chi connectivity index (χ1) is 8.18. The van der Waals surface area contributed by atoms with Gasteiger partial charge in [0.1, 0.15) is 0 Å². The predicted molar refractivity (Wildman–Crippen MR) is 70.9 cm³/mol. The summed E-state index contributed by atoms with van der Waals surface area (Å²) < 4.78 is 24.4. The molecule has 0 atom stereocenters. The third kappa shape index (κ3) is 3.95. The molecular formula is C13H25NO2S. The SMILES string of the molecule is O=S(=O)(CCC1CCCCC1)C1CCNCC1. The fourth-order valence-corrected chi connectivity index (χ4v) is 5.08. The predicted octanol–water partition coefficient (Wildman–Crippen LogP) is 2.12. The number of rotatable bonds is 4. The second-order valence-electron chi connectivity index (χ2n) is 5.61. The average molecular weight is 259 g/mol. The molecule has 1 N–H and O–H groups in total. The Labute approximate surface area is 105 Å². The zero-order valence-electron chi connectivity index (χ0n) is 10.7. The Morgan fingerprint density at radius 3 is 2.24 bits per heavy atom. The van der Waals surface area contributed by atoms with Crippen molar-refractivity contribution < 1.29 is 8.42 Å². The maximum absolute atomic E-state index is 12.2. The smallest absolute Gasteiger partial charge is 0.153 e. The zero-order chi connectivity index (χ0) is 12.1. The fourth-order valence-electron chi connectivity index (χ4n) is 3.13. The number of hydrogen-bond acceptors (Lipinski definition) is 3. The van der Waals surface area contributed by atoms with Crippen LogP contribution in [0.3, 0.4) is 0 Å². The van der Waals surface area contributed by atoms with Gasteiger partial charge in [-0.3, -0.25) is 0 Å². The Morgan fingerprint density at radius 2 is 1.59 bits per heavy atom. The highest BCUT2D eigenvalue weighted by Gasteiger charge is 2.27. The Morgan fingerprint density at radius 1 is 0.941 bits per heavy atom. The van der Waals surface area contributed by atoms with Crippen LogP contribution in [-0.4, -0.2) is 32.5 Å². The maximum atomic E-state index is 12.2. The molecule has 3 nitrogen and oxygen atoms in total. The van der Waals surface area contributed by atoms with Gasteiger partial charge in [0.25, 0.3) is 0 Å². The molecule has 0 radical (unpaired) electrons. The fraction of sp³-hybridized carbons (Fsp3) is 1.00. The van der Waals surface area contributed by atoms with Crippen LogP contribution < -0.4 is 5.32 Å². The normalized spacial score (nSPS) is 24.9. The molecule has 4 heteroatoms. The van der Waals surface area contributed by atoms with E-state index < -0.39 is 9.84 Å². The van der Waals surface area contributed by atoms with Gasteiger partial charge in [-0.15, -0.1) is 0 Å². The third-order valence-corrected chi connectivity index (χ3v) is 6.62. The lowest BCUT2D eigenvalue weighted by molar-refractivity contribution is 0.349. The van der Waals surface area contributed by atoms with Gasteiger partial charge in [0, 0.05) is 0 Å². The quantitative estimate of drug-likeness (QED) is 0.841. The van der Waals surface area contributed by atoms with Crippen molar-refractivity contribution in [2.45, 2.75) is 56.6 Å². The van der Waals surface area contributed by atoms with Crippen molar-refractivity contribution >= 4 is 9.84 Å². The van der Waals surface area contributed by atoms with Crippen molar-refractivity contribution in [1.29, 1.82) is 0 Å². The van der Waals surface area contributed by atoms with E-state index in [-0.39, 0.29) is 5.25 Å². The standard InChI is InChI=1S/C13H25NO2S/c15-17(16,13-6-9-14-10-7-13)11-8-12-4-2-1-3-5-12/h12-14H,1-11H2. The highest BCUT2D eigenvalue weighted by Crippen LogP contribution is 2.27. The van der Waals surface area contributed by atoms with Crippen molar-refractivity contribution in [3.05, 3.63) is 0 Å².